The molecule has 0 rings (SSSR count). The summed E-state index contributed by atoms with van der Waals surface area (Å²) in [6.45, 7) is 0. The maximum absolute atomic E-state index is 6.75. The van der Waals surface area contributed by atoms with Gasteiger partial charge in [-0.2, -0.15) is 0 Å². The van der Waals surface area contributed by atoms with Crippen molar-refractivity contribution in [3.05, 3.63) is 0 Å². The third-order valence-corrected chi connectivity index (χ3v) is 0. The normalized spacial score (nSPS) is 1.00. The topological polar surface area (TPSA) is 141 Å². The van der Waals surface area contributed by atoms with Crippen molar-refractivity contribution in [2.75, 3.05) is 0 Å². The molecule has 0 bridgehead atoms. The molecule has 0 fully saturated rings. The quantitative estimate of drug-likeness (QED) is 0.447. The van der Waals surface area contributed by atoms with Crippen molar-refractivity contribution in [2.45, 2.75) is 0 Å². The van der Waals surface area contributed by atoms with Gasteiger partial charge in [-0.05, 0) is 0 Å². The minimum absolute atomic E-state index is 0. The van der Waals surface area contributed by atoms with Gasteiger partial charge in [-0.15, -0.1) is 0 Å². The van der Waals surface area contributed by atoms with Gasteiger partial charge in [0.25, 0.3) is 0 Å². The van der Waals surface area contributed by atoms with Crippen molar-refractivity contribution in [3.8, 4) is 0 Å². The van der Waals surface area contributed by atoms with Crippen LogP contribution in [-0.2, 0) is 21.1 Å². The molecule has 0 saturated carbocycles. The minimum atomic E-state index is 0. The van der Waals surface area contributed by atoms with Gasteiger partial charge in [0.05, 0.1) is 0 Å². The predicted molar refractivity (Wildman–Crippen MR) is 13.8 cm³/mol. The van der Waals surface area contributed by atoms with Crippen LogP contribution >= 0.6 is 0 Å². The van der Waals surface area contributed by atoms with Crippen LogP contribution in [0.1, 0.15) is 0 Å². The average Bonchev–Trinajstić information content (AvgIpc) is 1.00. The smallest absolute Gasteiger partial charge is 0.870 e. The Morgan fingerprint density at radius 3 is 1.00 bits per heavy atom. The first-order valence-corrected chi connectivity index (χ1v) is 0.316. The summed E-state index contributed by atoms with van der Waals surface area (Å²) in [5, 5.41) is 6.75. The molecule has 0 amide bonds. The molecule has 0 aliphatic rings. The molecular weight excluding hydrogens is 262 g/mol. The van der Waals surface area contributed by atoms with Gasteiger partial charge in [0.2, 0.25) is 0 Å². The minimum Gasteiger partial charge on any atom is -0.870 e. The van der Waals surface area contributed by atoms with Gasteiger partial charge in [0.1, 0.15) is 0 Å². The van der Waals surface area contributed by atoms with E-state index in [2.05, 4.69) is 5.90 Å². The first kappa shape index (κ1) is 88.2. The fourth-order valence-corrected chi connectivity index (χ4v) is 0. The molecule has 9 N–H and O–H groups in total. The number of rotatable bonds is 0. The van der Waals surface area contributed by atoms with Crippen molar-refractivity contribution in [2.24, 2.45) is 0 Å². The van der Waals surface area contributed by atoms with Gasteiger partial charge >= 0.3 is 21.1 Å². The number of hydrogen-bond donors (Lipinski definition) is 2. The van der Waals surface area contributed by atoms with Crippen LogP contribution in [0.25, 0.3) is 0 Å². The summed E-state index contributed by atoms with van der Waals surface area (Å²) in [5.74, 6) is 2.25. The molecule has 0 saturated heterocycles. The molecule has 0 spiro atoms. The summed E-state index contributed by atoms with van der Waals surface area (Å²) in [5.41, 5.74) is 0. The zero-order valence-corrected chi connectivity index (χ0v) is 5.94. The predicted octanol–water partition coefficient (Wildman–Crippen LogP) is -3.21. The molecule has 0 aliphatic heterocycles. The molecule has 42 valence electrons. The van der Waals surface area contributed by atoms with Gasteiger partial charge in [0.15, 0.2) is 0 Å². The Bertz CT molecular complexity index is 7.51. The molecule has 0 aromatic carbocycles. The van der Waals surface area contributed by atoms with E-state index >= 15 is 0 Å². The number of hydrogen-bond acceptors (Lipinski definition) is 2. The SMILES string of the molecule is O.O.[NH3+]O.[OH-].[W+2]. The van der Waals surface area contributed by atoms with E-state index in [0.717, 1.165) is 0 Å². The van der Waals surface area contributed by atoms with Gasteiger partial charge in [0, 0.05) is 0 Å². The van der Waals surface area contributed by atoms with Crippen LogP contribution in [0.15, 0.2) is 0 Å². The molecule has 6 heavy (non-hydrogen) atoms. The van der Waals surface area contributed by atoms with E-state index in [-0.39, 0.29) is 37.5 Å². The maximum atomic E-state index is 6.75. The van der Waals surface area contributed by atoms with E-state index < -0.39 is 0 Å². The Balaban J connectivity index is -0.000000000833. The third kappa shape index (κ3) is 229. The Hall–Kier alpha value is 0.488. The number of quaternary nitrogens is 1. The van der Waals surface area contributed by atoms with Crippen molar-refractivity contribution < 1.29 is 48.6 Å². The fourth-order valence-electron chi connectivity index (χ4n) is 0. The Labute approximate surface area is 49.3 Å². The zero-order valence-electron chi connectivity index (χ0n) is 3.01. The first-order valence-electron chi connectivity index (χ1n) is 0.316. The summed E-state index contributed by atoms with van der Waals surface area (Å²) in [6.07, 6.45) is 0. The van der Waals surface area contributed by atoms with E-state index in [1.165, 1.54) is 0 Å². The molecule has 0 aliphatic carbocycles. The fraction of sp³-hybridized carbons (Fsp3) is 0. The third-order valence-electron chi connectivity index (χ3n) is 0. The van der Waals surface area contributed by atoms with E-state index in [4.69, 9.17) is 5.21 Å². The zero-order chi connectivity index (χ0) is 2.00. The van der Waals surface area contributed by atoms with Gasteiger partial charge in [-0.25, -0.2) is 11.1 Å². The Morgan fingerprint density at radius 1 is 1.00 bits per heavy atom. The second kappa shape index (κ2) is 464. The Kier molecular flexibility index (Phi) is 6820. The van der Waals surface area contributed by atoms with E-state index in [9.17, 15) is 0 Å². The molecule has 0 unspecified atom stereocenters. The summed E-state index contributed by atoms with van der Waals surface area (Å²) in [7, 11) is 0. The van der Waals surface area contributed by atoms with Crippen LogP contribution in [0.4, 0.5) is 0 Å². The molecule has 0 heterocycles. The van der Waals surface area contributed by atoms with E-state index in [0.29, 0.717) is 0 Å². The van der Waals surface area contributed by atoms with Crippen molar-refractivity contribution >= 4 is 0 Å². The van der Waals surface area contributed by atoms with Crippen LogP contribution in [0.5, 0.6) is 0 Å². The Morgan fingerprint density at radius 2 is 1.00 bits per heavy atom. The van der Waals surface area contributed by atoms with Crippen molar-refractivity contribution in [1.82, 2.24) is 0 Å². The van der Waals surface area contributed by atoms with Crippen LogP contribution in [-0.4, -0.2) is 21.6 Å². The summed E-state index contributed by atoms with van der Waals surface area (Å²) < 4.78 is 0. The summed E-state index contributed by atoms with van der Waals surface area (Å²) in [4.78, 5) is 0. The molecule has 6 heteroatoms. The maximum Gasteiger partial charge on any atom is 2.00 e. The molecule has 0 radical (unpaired) electrons. The van der Waals surface area contributed by atoms with Gasteiger partial charge in [-0.1, -0.05) is 0 Å². The van der Waals surface area contributed by atoms with E-state index in [1.807, 2.05) is 0 Å². The second-order valence-corrected chi connectivity index (χ2v) is 0. The van der Waals surface area contributed by atoms with Crippen molar-refractivity contribution in [3.63, 3.8) is 0 Å². The molecule has 0 atom stereocenters. The van der Waals surface area contributed by atoms with Crippen LogP contribution in [0.3, 0.4) is 0 Å². The van der Waals surface area contributed by atoms with Crippen molar-refractivity contribution in [1.29, 1.82) is 0 Å². The molecular formula is H9NO4W+2. The first-order chi connectivity index (χ1) is 1.00. The standard InChI is InChI=1S/H4NO.3H2O.W/c1-2;;;;/h2H,1H3;3*1H2;/q+1;;;;+2/p-1. The molecule has 0 aromatic rings. The van der Waals surface area contributed by atoms with Gasteiger partial charge < -0.3 is 16.4 Å². The van der Waals surface area contributed by atoms with E-state index in [1.54, 1.807) is 0 Å². The van der Waals surface area contributed by atoms with Crippen LogP contribution in [0, 0.1) is 0 Å². The van der Waals surface area contributed by atoms with Crippen LogP contribution in [0.2, 0.25) is 0 Å². The van der Waals surface area contributed by atoms with Crippen LogP contribution < -0.4 is 5.90 Å². The second-order valence-electron chi connectivity index (χ2n) is 0. The molecule has 0 aromatic heterocycles. The largest absolute Gasteiger partial charge is 2.00 e. The van der Waals surface area contributed by atoms with Gasteiger partial charge in [-0.3, -0.25) is 0 Å². The summed E-state index contributed by atoms with van der Waals surface area (Å²) >= 11 is 0. The average molecular weight is 271 g/mol. The molecule has 5 nitrogen and oxygen atoms in total. The summed E-state index contributed by atoms with van der Waals surface area (Å²) in [6, 6.07) is 0. The monoisotopic (exact) mass is 271 g/mol.